The molecule has 0 aliphatic carbocycles. The van der Waals surface area contributed by atoms with Crippen LogP contribution in [-0.2, 0) is 11.4 Å². The fourth-order valence-corrected chi connectivity index (χ4v) is 1.80. The monoisotopic (exact) mass is 284 g/mol. The van der Waals surface area contributed by atoms with Crippen LogP contribution < -0.4 is 10.1 Å². The van der Waals surface area contributed by atoms with Gasteiger partial charge in [0.25, 0.3) is 0 Å². The molecule has 2 rings (SSSR count). The van der Waals surface area contributed by atoms with Gasteiger partial charge < -0.3 is 15.0 Å². The molecule has 2 aromatic carbocycles. The molecule has 0 unspecified atom stereocenters. The highest BCUT2D eigenvalue weighted by Gasteiger charge is 2.07. The van der Waals surface area contributed by atoms with Crippen molar-refractivity contribution in [3.63, 3.8) is 0 Å². The maximum Gasteiger partial charge on any atom is 0.241 e. The Bertz CT molecular complexity index is 582. The zero-order chi connectivity index (χ0) is 15.1. The number of amides is 1. The number of anilines is 1. The molecule has 0 bridgehead atoms. The summed E-state index contributed by atoms with van der Waals surface area (Å²) in [6.45, 7) is 0.750. The quantitative estimate of drug-likeness (QED) is 0.887. The lowest BCUT2D eigenvalue weighted by molar-refractivity contribution is -0.126. The van der Waals surface area contributed by atoms with Gasteiger partial charge in [-0.05, 0) is 17.7 Å². The molecule has 1 N–H and O–H groups in total. The molecule has 21 heavy (non-hydrogen) atoms. The van der Waals surface area contributed by atoms with Crippen LogP contribution in [-0.4, -0.2) is 31.4 Å². The number of hydrogen-bond acceptors (Lipinski definition) is 3. The van der Waals surface area contributed by atoms with Crippen molar-refractivity contribution in [3.05, 3.63) is 60.2 Å². The predicted octanol–water partition coefficient (Wildman–Crippen LogP) is 2.77. The lowest BCUT2D eigenvalue weighted by Crippen LogP contribution is -2.28. The van der Waals surface area contributed by atoms with Gasteiger partial charge in [-0.15, -0.1) is 0 Å². The maximum absolute atomic E-state index is 11.6. The number of likely N-dealkylation sites (N-methyl/N-ethyl adjacent to an activating group) is 1. The van der Waals surface area contributed by atoms with Crippen molar-refractivity contribution in [1.82, 2.24) is 4.90 Å². The van der Waals surface area contributed by atoms with Crippen molar-refractivity contribution >= 4 is 11.6 Å². The van der Waals surface area contributed by atoms with E-state index in [2.05, 4.69) is 5.32 Å². The first-order valence-corrected chi connectivity index (χ1v) is 6.86. The summed E-state index contributed by atoms with van der Waals surface area (Å²) in [7, 11) is 3.48. The predicted molar refractivity (Wildman–Crippen MR) is 84.4 cm³/mol. The third-order valence-corrected chi connectivity index (χ3v) is 3.05. The van der Waals surface area contributed by atoms with Gasteiger partial charge in [0.05, 0.1) is 12.2 Å². The van der Waals surface area contributed by atoms with E-state index in [4.69, 9.17) is 4.74 Å². The minimum absolute atomic E-state index is 0.0212. The Morgan fingerprint density at radius 2 is 1.71 bits per heavy atom. The molecule has 0 spiro atoms. The summed E-state index contributed by atoms with van der Waals surface area (Å²) in [6.07, 6.45) is 0. The third-order valence-electron chi connectivity index (χ3n) is 3.05. The molecule has 1 amide bonds. The van der Waals surface area contributed by atoms with Crippen molar-refractivity contribution in [3.8, 4) is 5.75 Å². The van der Waals surface area contributed by atoms with E-state index < -0.39 is 0 Å². The summed E-state index contributed by atoms with van der Waals surface area (Å²) >= 11 is 0. The molecule has 4 nitrogen and oxygen atoms in total. The summed E-state index contributed by atoms with van der Waals surface area (Å²) in [5.74, 6) is 0.765. The zero-order valence-electron chi connectivity index (χ0n) is 12.4. The first kappa shape index (κ1) is 14.9. The topological polar surface area (TPSA) is 41.6 Å². The van der Waals surface area contributed by atoms with E-state index in [1.54, 1.807) is 19.0 Å². The molecular weight excluding hydrogens is 264 g/mol. The normalized spacial score (nSPS) is 10.0. The lowest BCUT2D eigenvalue weighted by atomic mass is 10.2. The van der Waals surface area contributed by atoms with E-state index in [1.807, 2.05) is 54.6 Å². The van der Waals surface area contributed by atoms with Crippen molar-refractivity contribution < 1.29 is 9.53 Å². The zero-order valence-corrected chi connectivity index (χ0v) is 12.4. The van der Waals surface area contributed by atoms with Crippen LogP contribution in [0.5, 0.6) is 5.75 Å². The third kappa shape index (κ3) is 4.53. The van der Waals surface area contributed by atoms with Gasteiger partial charge in [-0.2, -0.15) is 0 Å². The maximum atomic E-state index is 11.6. The van der Waals surface area contributed by atoms with Crippen molar-refractivity contribution in [1.29, 1.82) is 0 Å². The van der Waals surface area contributed by atoms with E-state index >= 15 is 0 Å². The minimum Gasteiger partial charge on any atom is -0.487 e. The van der Waals surface area contributed by atoms with Crippen molar-refractivity contribution in [2.75, 3.05) is 26.0 Å². The fourth-order valence-electron chi connectivity index (χ4n) is 1.80. The van der Waals surface area contributed by atoms with Gasteiger partial charge in [0.2, 0.25) is 5.91 Å². The second-order valence-corrected chi connectivity index (χ2v) is 4.91. The van der Waals surface area contributed by atoms with E-state index in [1.165, 1.54) is 0 Å². The average Bonchev–Trinajstić information content (AvgIpc) is 2.52. The molecule has 0 aliphatic rings. The fraction of sp³-hybridized carbons (Fsp3) is 0.235. The number of hydrogen-bond donors (Lipinski definition) is 1. The number of carbonyl (C=O) groups is 1. The van der Waals surface area contributed by atoms with Gasteiger partial charge >= 0.3 is 0 Å². The summed E-state index contributed by atoms with van der Waals surface area (Å²) in [4.78, 5) is 13.2. The number of para-hydroxylation sites is 2. The Morgan fingerprint density at radius 3 is 2.43 bits per heavy atom. The smallest absolute Gasteiger partial charge is 0.241 e. The van der Waals surface area contributed by atoms with Crippen LogP contribution in [0.3, 0.4) is 0 Å². The molecule has 0 aliphatic heterocycles. The van der Waals surface area contributed by atoms with Gasteiger partial charge in [0.15, 0.2) is 0 Å². The second kappa shape index (κ2) is 7.33. The molecule has 4 heteroatoms. The molecule has 0 saturated heterocycles. The van der Waals surface area contributed by atoms with E-state index in [0.717, 1.165) is 17.0 Å². The van der Waals surface area contributed by atoms with Gasteiger partial charge in [0, 0.05) is 14.1 Å². The Balaban J connectivity index is 1.98. The number of carbonyl (C=O) groups excluding carboxylic acids is 1. The first-order chi connectivity index (χ1) is 10.2. The Labute approximate surface area is 125 Å². The van der Waals surface area contributed by atoms with E-state index in [9.17, 15) is 4.79 Å². The summed E-state index contributed by atoms with van der Waals surface area (Å²) in [5.41, 5.74) is 1.93. The SMILES string of the molecule is CN(C)C(=O)CNc1ccccc1OCc1ccccc1. The van der Waals surface area contributed by atoms with Gasteiger partial charge in [-0.3, -0.25) is 4.79 Å². The highest BCUT2D eigenvalue weighted by Crippen LogP contribution is 2.24. The molecule has 0 radical (unpaired) electrons. The molecule has 0 atom stereocenters. The molecular formula is C17H20N2O2. The van der Waals surface area contributed by atoms with E-state index in [-0.39, 0.29) is 12.5 Å². The largest absolute Gasteiger partial charge is 0.487 e. The van der Waals surface area contributed by atoms with Crippen LogP contribution in [0, 0.1) is 0 Å². The van der Waals surface area contributed by atoms with Crippen LogP contribution in [0.4, 0.5) is 5.69 Å². The van der Waals surface area contributed by atoms with Crippen LogP contribution in [0.1, 0.15) is 5.56 Å². The number of rotatable bonds is 6. The second-order valence-electron chi connectivity index (χ2n) is 4.91. The van der Waals surface area contributed by atoms with Gasteiger partial charge in [-0.25, -0.2) is 0 Å². The summed E-state index contributed by atoms with van der Waals surface area (Å²) in [5, 5.41) is 3.11. The number of nitrogens with zero attached hydrogens (tertiary/aromatic N) is 1. The molecule has 0 saturated carbocycles. The highest BCUT2D eigenvalue weighted by molar-refractivity contribution is 5.80. The number of nitrogens with one attached hydrogen (secondary N) is 1. The average molecular weight is 284 g/mol. The molecule has 110 valence electrons. The van der Waals surface area contributed by atoms with Gasteiger partial charge in [0.1, 0.15) is 12.4 Å². The highest BCUT2D eigenvalue weighted by atomic mass is 16.5. The standard InChI is InChI=1S/C17H20N2O2/c1-19(2)17(20)12-18-15-10-6-7-11-16(15)21-13-14-8-4-3-5-9-14/h3-11,18H,12-13H2,1-2H3. The van der Waals surface area contributed by atoms with Gasteiger partial charge in [-0.1, -0.05) is 42.5 Å². The van der Waals surface area contributed by atoms with Crippen LogP contribution in [0.2, 0.25) is 0 Å². The number of ether oxygens (including phenoxy) is 1. The minimum atomic E-state index is 0.0212. The molecule has 2 aromatic rings. The van der Waals surface area contributed by atoms with Crippen molar-refractivity contribution in [2.45, 2.75) is 6.61 Å². The first-order valence-electron chi connectivity index (χ1n) is 6.86. The Kier molecular flexibility index (Phi) is 5.21. The molecule has 0 aromatic heterocycles. The lowest BCUT2D eigenvalue weighted by Gasteiger charge is -2.15. The van der Waals surface area contributed by atoms with Crippen LogP contribution in [0.15, 0.2) is 54.6 Å². The molecule has 0 heterocycles. The Hall–Kier alpha value is -2.49. The van der Waals surface area contributed by atoms with Crippen molar-refractivity contribution in [2.24, 2.45) is 0 Å². The summed E-state index contributed by atoms with van der Waals surface area (Å²) < 4.78 is 5.83. The molecule has 0 fully saturated rings. The Morgan fingerprint density at radius 1 is 1.05 bits per heavy atom. The van der Waals surface area contributed by atoms with Crippen LogP contribution >= 0.6 is 0 Å². The number of benzene rings is 2. The van der Waals surface area contributed by atoms with Crippen LogP contribution in [0.25, 0.3) is 0 Å². The summed E-state index contributed by atoms with van der Waals surface area (Å²) in [6, 6.07) is 17.6. The van der Waals surface area contributed by atoms with E-state index in [0.29, 0.717) is 6.61 Å².